The maximum atomic E-state index is 12.4. The van der Waals surface area contributed by atoms with Gasteiger partial charge in [-0.15, -0.1) is 0 Å². The first-order valence-electron chi connectivity index (χ1n) is 7.00. The van der Waals surface area contributed by atoms with Crippen LogP contribution in [-0.4, -0.2) is 34.6 Å². The van der Waals surface area contributed by atoms with Crippen molar-refractivity contribution in [1.29, 1.82) is 0 Å². The Bertz CT molecular complexity index is 562. The van der Waals surface area contributed by atoms with E-state index in [4.69, 9.17) is 5.11 Å². The second-order valence-electron chi connectivity index (χ2n) is 5.48. The highest BCUT2D eigenvalue weighted by molar-refractivity contribution is 9.10. The Balaban J connectivity index is 2.15. The number of benzene rings is 1. The summed E-state index contributed by atoms with van der Waals surface area (Å²) in [6.45, 7) is 4.92. The van der Waals surface area contributed by atoms with Gasteiger partial charge in [0.15, 0.2) is 0 Å². The Hall–Kier alpha value is -1.56. The fraction of sp³-hybridized carbons (Fsp3) is 0.467. The summed E-state index contributed by atoms with van der Waals surface area (Å²) < 4.78 is 0.665. The molecule has 6 heteroatoms. The minimum absolute atomic E-state index is 0.147. The van der Waals surface area contributed by atoms with Gasteiger partial charge in [-0.25, -0.2) is 9.59 Å². The Kier molecular flexibility index (Phi) is 4.88. The van der Waals surface area contributed by atoms with Gasteiger partial charge < -0.3 is 15.3 Å². The molecule has 0 aromatic heterocycles. The van der Waals surface area contributed by atoms with E-state index >= 15 is 0 Å². The van der Waals surface area contributed by atoms with E-state index in [0.29, 0.717) is 16.1 Å². The van der Waals surface area contributed by atoms with Crippen molar-refractivity contribution in [3.63, 3.8) is 0 Å². The lowest BCUT2D eigenvalue weighted by Crippen LogP contribution is -2.47. The van der Waals surface area contributed by atoms with E-state index in [-0.39, 0.29) is 17.6 Å². The standard InChI is InChI=1S/C15H19BrN2O3/c1-9-4-3-7-18(10(9)2)15(21)17-13-8-11(14(19)20)5-6-12(13)16/h5-6,8-10H,3-4,7H2,1-2H3,(H,17,21)(H,19,20). The van der Waals surface area contributed by atoms with Crippen LogP contribution in [0.1, 0.15) is 37.0 Å². The van der Waals surface area contributed by atoms with E-state index in [0.717, 1.165) is 19.4 Å². The number of hydrogen-bond acceptors (Lipinski definition) is 2. The maximum absolute atomic E-state index is 12.4. The molecule has 1 heterocycles. The normalized spacial score (nSPS) is 22.0. The van der Waals surface area contributed by atoms with Crippen LogP contribution < -0.4 is 5.32 Å². The molecule has 1 aliphatic rings. The van der Waals surface area contributed by atoms with Crippen molar-refractivity contribution in [3.05, 3.63) is 28.2 Å². The number of anilines is 1. The quantitative estimate of drug-likeness (QED) is 0.848. The molecular weight excluding hydrogens is 336 g/mol. The highest BCUT2D eigenvalue weighted by atomic mass is 79.9. The summed E-state index contributed by atoms with van der Waals surface area (Å²) in [6.07, 6.45) is 2.12. The number of urea groups is 1. The summed E-state index contributed by atoms with van der Waals surface area (Å²) in [7, 11) is 0. The average Bonchev–Trinajstić information content (AvgIpc) is 2.43. The van der Waals surface area contributed by atoms with Crippen molar-refractivity contribution >= 4 is 33.6 Å². The molecule has 2 rings (SSSR count). The van der Waals surface area contributed by atoms with Crippen molar-refractivity contribution in [3.8, 4) is 0 Å². The van der Waals surface area contributed by atoms with Crippen molar-refractivity contribution in [2.75, 3.05) is 11.9 Å². The molecule has 2 N–H and O–H groups in total. The highest BCUT2D eigenvalue weighted by Crippen LogP contribution is 2.27. The van der Waals surface area contributed by atoms with Gasteiger partial charge in [-0.05, 0) is 59.8 Å². The Morgan fingerprint density at radius 2 is 2.10 bits per heavy atom. The smallest absolute Gasteiger partial charge is 0.335 e. The number of carbonyl (C=O) groups excluding carboxylic acids is 1. The lowest BCUT2D eigenvalue weighted by atomic mass is 9.92. The van der Waals surface area contributed by atoms with Crippen LogP contribution in [0.2, 0.25) is 0 Å². The van der Waals surface area contributed by atoms with Crippen molar-refractivity contribution < 1.29 is 14.7 Å². The number of amides is 2. The van der Waals surface area contributed by atoms with Crippen molar-refractivity contribution in [1.82, 2.24) is 4.90 Å². The predicted molar refractivity (Wildman–Crippen MR) is 84.7 cm³/mol. The number of aromatic carboxylic acids is 1. The van der Waals surface area contributed by atoms with Crippen LogP contribution in [0.25, 0.3) is 0 Å². The molecule has 0 radical (unpaired) electrons. The van der Waals surface area contributed by atoms with Gasteiger partial charge in [0, 0.05) is 17.1 Å². The zero-order valence-corrected chi connectivity index (χ0v) is 13.7. The SMILES string of the molecule is CC1CCCN(C(=O)Nc2cc(C(=O)O)ccc2Br)C1C. The van der Waals surface area contributed by atoms with Gasteiger partial charge in [0.1, 0.15) is 0 Å². The molecular formula is C15H19BrN2O3. The molecule has 114 valence electrons. The van der Waals surface area contributed by atoms with Crippen LogP contribution >= 0.6 is 15.9 Å². The van der Waals surface area contributed by atoms with E-state index in [2.05, 4.69) is 28.2 Å². The molecule has 5 nitrogen and oxygen atoms in total. The topological polar surface area (TPSA) is 69.6 Å². The van der Waals surface area contributed by atoms with E-state index in [1.807, 2.05) is 11.8 Å². The number of nitrogens with one attached hydrogen (secondary N) is 1. The second-order valence-corrected chi connectivity index (χ2v) is 6.34. The number of likely N-dealkylation sites (tertiary alicyclic amines) is 1. The zero-order valence-electron chi connectivity index (χ0n) is 12.1. The third-order valence-corrected chi connectivity index (χ3v) is 4.78. The van der Waals surface area contributed by atoms with Crippen molar-refractivity contribution in [2.45, 2.75) is 32.7 Å². The lowest BCUT2D eigenvalue weighted by molar-refractivity contribution is 0.0697. The number of carbonyl (C=O) groups is 2. The van der Waals surface area contributed by atoms with Gasteiger partial charge in [0.25, 0.3) is 0 Å². The summed E-state index contributed by atoms with van der Waals surface area (Å²) in [6, 6.07) is 4.58. The van der Waals surface area contributed by atoms with Crippen LogP contribution in [0.15, 0.2) is 22.7 Å². The van der Waals surface area contributed by atoms with Crippen LogP contribution in [0.3, 0.4) is 0 Å². The van der Waals surface area contributed by atoms with Crippen LogP contribution in [-0.2, 0) is 0 Å². The van der Waals surface area contributed by atoms with Crippen molar-refractivity contribution in [2.24, 2.45) is 5.92 Å². The Labute approximate surface area is 132 Å². The number of rotatable bonds is 2. The molecule has 2 unspecified atom stereocenters. The van der Waals surface area contributed by atoms with Gasteiger partial charge in [-0.3, -0.25) is 0 Å². The summed E-state index contributed by atoms with van der Waals surface area (Å²) in [4.78, 5) is 25.2. The summed E-state index contributed by atoms with van der Waals surface area (Å²) in [5.74, 6) is -0.545. The first-order chi connectivity index (χ1) is 9.90. The summed E-state index contributed by atoms with van der Waals surface area (Å²) in [5, 5.41) is 11.8. The minimum Gasteiger partial charge on any atom is -0.478 e. The lowest BCUT2D eigenvalue weighted by Gasteiger charge is -2.37. The van der Waals surface area contributed by atoms with Gasteiger partial charge in [0.05, 0.1) is 11.3 Å². The number of hydrogen-bond donors (Lipinski definition) is 2. The van der Waals surface area contributed by atoms with Gasteiger partial charge in [0.2, 0.25) is 0 Å². The number of halogens is 1. The molecule has 0 aliphatic carbocycles. The first-order valence-corrected chi connectivity index (χ1v) is 7.80. The second kappa shape index (κ2) is 6.47. The molecule has 0 saturated carbocycles. The summed E-state index contributed by atoms with van der Waals surface area (Å²) >= 11 is 3.33. The first kappa shape index (κ1) is 15.8. The van der Waals surface area contributed by atoms with Crippen LogP contribution in [0.5, 0.6) is 0 Å². The largest absolute Gasteiger partial charge is 0.478 e. The fourth-order valence-electron chi connectivity index (χ4n) is 2.56. The van der Waals surface area contributed by atoms with E-state index in [1.165, 1.54) is 12.1 Å². The number of piperidine rings is 1. The van der Waals surface area contributed by atoms with Crippen LogP contribution in [0, 0.1) is 5.92 Å². The molecule has 21 heavy (non-hydrogen) atoms. The van der Waals surface area contributed by atoms with Gasteiger partial charge >= 0.3 is 12.0 Å². The van der Waals surface area contributed by atoms with E-state index < -0.39 is 5.97 Å². The number of nitrogens with zero attached hydrogens (tertiary/aromatic N) is 1. The van der Waals surface area contributed by atoms with E-state index in [1.54, 1.807) is 6.07 Å². The van der Waals surface area contributed by atoms with Crippen LogP contribution in [0.4, 0.5) is 10.5 Å². The number of carboxylic acids is 1. The third kappa shape index (κ3) is 3.56. The zero-order chi connectivity index (χ0) is 15.6. The maximum Gasteiger partial charge on any atom is 0.335 e. The molecule has 0 bridgehead atoms. The summed E-state index contributed by atoms with van der Waals surface area (Å²) in [5.41, 5.74) is 0.624. The monoisotopic (exact) mass is 354 g/mol. The van der Waals surface area contributed by atoms with E-state index in [9.17, 15) is 9.59 Å². The minimum atomic E-state index is -1.02. The molecule has 2 amide bonds. The molecule has 1 aromatic rings. The molecule has 1 fully saturated rings. The third-order valence-electron chi connectivity index (χ3n) is 4.09. The predicted octanol–water partition coefficient (Wildman–Crippen LogP) is 3.80. The molecule has 0 spiro atoms. The Morgan fingerprint density at radius 3 is 2.76 bits per heavy atom. The van der Waals surface area contributed by atoms with Gasteiger partial charge in [-0.1, -0.05) is 6.92 Å². The molecule has 2 atom stereocenters. The fourth-order valence-corrected chi connectivity index (χ4v) is 2.91. The molecule has 1 aliphatic heterocycles. The Morgan fingerprint density at radius 1 is 1.38 bits per heavy atom. The average molecular weight is 355 g/mol. The van der Waals surface area contributed by atoms with Gasteiger partial charge in [-0.2, -0.15) is 0 Å². The number of carboxylic acid groups (broad SMARTS) is 1. The highest BCUT2D eigenvalue weighted by Gasteiger charge is 2.28. The molecule has 1 aromatic carbocycles. The molecule has 1 saturated heterocycles.